The number of Topliss-reactive ketones (excluding diaryl/α,β-unsaturated/α-hetero) is 1. The number of amides is 1. The number of methoxy groups -OCH3 is 1. The third kappa shape index (κ3) is 5.05. The number of hydrogen-bond acceptors (Lipinski definition) is 6. The molecule has 0 saturated carbocycles. The number of nitrogens with zero attached hydrogens (tertiary/aromatic N) is 1. The predicted molar refractivity (Wildman–Crippen MR) is 120 cm³/mol. The number of carbonyl (C=O) groups excluding carboxylic acids is 2. The lowest BCUT2D eigenvalue weighted by atomic mass is 9.88. The minimum absolute atomic E-state index is 0.00238. The van der Waals surface area contributed by atoms with E-state index in [1.807, 2.05) is 43.3 Å². The van der Waals surface area contributed by atoms with Gasteiger partial charge in [0.25, 0.3) is 0 Å². The van der Waals surface area contributed by atoms with Gasteiger partial charge in [0.2, 0.25) is 5.91 Å². The van der Waals surface area contributed by atoms with Gasteiger partial charge in [0.1, 0.15) is 19.0 Å². The maximum Gasteiger partial charge on any atom is 0.237 e. The average molecular weight is 439 g/mol. The van der Waals surface area contributed by atoms with Crippen LogP contribution in [-0.4, -0.2) is 56.0 Å². The fourth-order valence-electron chi connectivity index (χ4n) is 4.23. The average Bonchev–Trinajstić information content (AvgIpc) is 2.86. The molecule has 1 saturated heterocycles. The summed E-state index contributed by atoms with van der Waals surface area (Å²) in [5, 5.41) is 3.01. The zero-order valence-corrected chi connectivity index (χ0v) is 18.6. The second-order valence-electron chi connectivity index (χ2n) is 8.27. The molecule has 2 aliphatic rings. The van der Waals surface area contributed by atoms with Gasteiger partial charge in [0.15, 0.2) is 17.3 Å². The molecule has 2 aliphatic heterocycles. The summed E-state index contributed by atoms with van der Waals surface area (Å²) in [6, 6.07) is 12.8. The van der Waals surface area contributed by atoms with E-state index >= 15 is 0 Å². The van der Waals surface area contributed by atoms with Crippen LogP contribution in [0.25, 0.3) is 0 Å². The predicted octanol–water partition coefficient (Wildman–Crippen LogP) is 3.07. The molecule has 7 nitrogen and oxygen atoms in total. The van der Waals surface area contributed by atoms with Crippen LogP contribution in [0.2, 0.25) is 0 Å². The van der Waals surface area contributed by atoms with Crippen molar-refractivity contribution in [2.24, 2.45) is 5.92 Å². The Bertz CT molecular complexity index is 951. The second kappa shape index (κ2) is 10.0. The molecule has 170 valence electrons. The molecular formula is C25H30N2O5. The largest absolute Gasteiger partial charge is 0.497 e. The Morgan fingerprint density at radius 2 is 1.75 bits per heavy atom. The topological polar surface area (TPSA) is 77.1 Å². The number of ketones is 1. The zero-order chi connectivity index (χ0) is 22.5. The minimum Gasteiger partial charge on any atom is -0.497 e. The van der Waals surface area contributed by atoms with Gasteiger partial charge in [-0.2, -0.15) is 0 Å². The molecule has 0 bridgehead atoms. The molecule has 1 atom stereocenters. The van der Waals surface area contributed by atoms with Gasteiger partial charge in [-0.25, -0.2) is 0 Å². The van der Waals surface area contributed by atoms with Gasteiger partial charge in [-0.1, -0.05) is 12.1 Å². The smallest absolute Gasteiger partial charge is 0.237 e. The molecule has 1 N–H and O–H groups in total. The first-order chi connectivity index (χ1) is 15.5. The highest BCUT2D eigenvalue weighted by Gasteiger charge is 2.30. The lowest BCUT2D eigenvalue weighted by Crippen LogP contribution is -2.48. The van der Waals surface area contributed by atoms with Crippen LogP contribution in [0.1, 0.15) is 35.7 Å². The van der Waals surface area contributed by atoms with Crippen LogP contribution in [0.3, 0.4) is 0 Å². The highest BCUT2D eigenvalue weighted by molar-refractivity contribution is 5.98. The molecule has 2 aromatic carbocycles. The Balaban J connectivity index is 1.27. The Morgan fingerprint density at radius 1 is 1.06 bits per heavy atom. The minimum atomic E-state index is -0.237. The van der Waals surface area contributed by atoms with Gasteiger partial charge in [-0.05, 0) is 68.8 Å². The lowest BCUT2D eigenvalue weighted by Gasteiger charge is -2.34. The first-order valence-electron chi connectivity index (χ1n) is 11.1. The van der Waals surface area contributed by atoms with E-state index in [1.165, 1.54) is 0 Å². The summed E-state index contributed by atoms with van der Waals surface area (Å²) in [6.07, 6.45) is 1.48. The third-order valence-corrected chi connectivity index (χ3v) is 6.28. The van der Waals surface area contributed by atoms with Gasteiger partial charge in [0, 0.05) is 18.0 Å². The van der Waals surface area contributed by atoms with E-state index < -0.39 is 0 Å². The number of fused-ring (bicyclic) bond motifs is 1. The standard InChI is InChI=1S/C25H30N2O5/c1-17(25(29)26-16-18-3-6-21(30-2)7-4-18)27-11-9-19(10-12-27)24(28)20-5-8-22-23(15-20)32-14-13-31-22/h3-8,15,17,19H,9-14,16H2,1-2H3,(H,26,29)/t17-/m0/s1. The van der Waals surface area contributed by atoms with Crippen LogP contribution in [-0.2, 0) is 11.3 Å². The molecule has 0 aliphatic carbocycles. The van der Waals surface area contributed by atoms with Gasteiger partial charge in [0.05, 0.1) is 13.2 Å². The van der Waals surface area contributed by atoms with E-state index in [9.17, 15) is 9.59 Å². The third-order valence-electron chi connectivity index (χ3n) is 6.28. The van der Waals surface area contributed by atoms with Crippen molar-refractivity contribution in [2.75, 3.05) is 33.4 Å². The molecule has 4 rings (SSSR count). The fourth-order valence-corrected chi connectivity index (χ4v) is 4.23. The van der Waals surface area contributed by atoms with E-state index in [4.69, 9.17) is 14.2 Å². The summed E-state index contributed by atoms with van der Waals surface area (Å²) in [7, 11) is 1.63. The summed E-state index contributed by atoms with van der Waals surface area (Å²) < 4.78 is 16.3. The molecule has 0 unspecified atom stereocenters. The van der Waals surface area contributed by atoms with Crippen molar-refractivity contribution in [1.82, 2.24) is 10.2 Å². The maximum atomic E-state index is 13.0. The van der Waals surface area contributed by atoms with Crippen LogP contribution in [0.15, 0.2) is 42.5 Å². The summed E-state index contributed by atoms with van der Waals surface area (Å²) in [4.78, 5) is 27.8. The molecule has 7 heteroatoms. The van der Waals surface area contributed by atoms with Crippen molar-refractivity contribution in [3.05, 3.63) is 53.6 Å². The first kappa shape index (κ1) is 22.1. The van der Waals surface area contributed by atoms with E-state index in [1.54, 1.807) is 13.2 Å². The van der Waals surface area contributed by atoms with E-state index in [0.717, 1.165) is 37.2 Å². The van der Waals surface area contributed by atoms with Crippen molar-refractivity contribution in [3.8, 4) is 17.2 Å². The van der Waals surface area contributed by atoms with Gasteiger partial charge >= 0.3 is 0 Å². The van der Waals surface area contributed by atoms with Crippen LogP contribution in [0, 0.1) is 5.92 Å². The summed E-state index contributed by atoms with van der Waals surface area (Å²) in [6.45, 7) is 4.88. The Morgan fingerprint density at radius 3 is 2.44 bits per heavy atom. The first-order valence-corrected chi connectivity index (χ1v) is 11.1. The number of ether oxygens (including phenoxy) is 3. The normalized spacial score (nSPS) is 17.4. The number of rotatable bonds is 7. The van der Waals surface area contributed by atoms with E-state index in [-0.39, 0.29) is 23.7 Å². The number of carbonyl (C=O) groups is 2. The number of hydrogen-bond donors (Lipinski definition) is 1. The number of nitrogens with one attached hydrogen (secondary N) is 1. The molecule has 2 heterocycles. The summed E-state index contributed by atoms with van der Waals surface area (Å²) in [5.41, 5.74) is 1.69. The van der Waals surface area contributed by atoms with Crippen molar-refractivity contribution >= 4 is 11.7 Å². The monoisotopic (exact) mass is 438 g/mol. The Kier molecular flexibility index (Phi) is 6.95. The van der Waals surface area contributed by atoms with Crippen LogP contribution < -0.4 is 19.5 Å². The zero-order valence-electron chi connectivity index (χ0n) is 18.6. The lowest BCUT2D eigenvalue weighted by molar-refractivity contribution is -0.126. The summed E-state index contributed by atoms with van der Waals surface area (Å²) in [5.74, 6) is 2.22. The van der Waals surface area contributed by atoms with Gasteiger partial charge < -0.3 is 19.5 Å². The number of piperidine rings is 1. The highest BCUT2D eigenvalue weighted by atomic mass is 16.6. The number of likely N-dealkylation sites (tertiary alicyclic amines) is 1. The summed E-state index contributed by atoms with van der Waals surface area (Å²) >= 11 is 0. The number of benzene rings is 2. The highest BCUT2D eigenvalue weighted by Crippen LogP contribution is 2.32. The Labute approximate surface area is 188 Å². The van der Waals surface area contributed by atoms with Crippen molar-refractivity contribution in [3.63, 3.8) is 0 Å². The van der Waals surface area contributed by atoms with E-state index in [0.29, 0.717) is 36.8 Å². The molecular weight excluding hydrogens is 408 g/mol. The molecule has 0 aromatic heterocycles. The SMILES string of the molecule is COc1ccc(CNC(=O)[C@H](C)N2CCC(C(=O)c3ccc4c(c3)OCCO4)CC2)cc1. The van der Waals surface area contributed by atoms with Gasteiger partial charge in [-0.3, -0.25) is 14.5 Å². The molecule has 2 aromatic rings. The molecule has 0 spiro atoms. The Hall–Kier alpha value is -3.06. The fraction of sp³-hybridized carbons (Fsp3) is 0.440. The van der Waals surface area contributed by atoms with Gasteiger partial charge in [-0.15, -0.1) is 0 Å². The van der Waals surface area contributed by atoms with Crippen LogP contribution in [0.5, 0.6) is 17.2 Å². The van der Waals surface area contributed by atoms with Crippen molar-refractivity contribution in [1.29, 1.82) is 0 Å². The maximum absolute atomic E-state index is 13.0. The molecule has 1 amide bonds. The quantitative estimate of drug-likeness (QED) is 0.670. The van der Waals surface area contributed by atoms with Crippen molar-refractivity contribution in [2.45, 2.75) is 32.4 Å². The van der Waals surface area contributed by atoms with Crippen LogP contribution in [0.4, 0.5) is 0 Å². The van der Waals surface area contributed by atoms with Crippen LogP contribution >= 0.6 is 0 Å². The molecule has 0 radical (unpaired) electrons. The molecule has 1 fully saturated rings. The molecule has 32 heavy (non-hydrogen) atoms. The van der Waals surface area contributed by atoms with Crippen molar-refractivity contribution < 1.29 is 23.8 Å². The van der Waals surface area contributed by atoms with E-state index in [2.05, 4.69) is 10.2 Å². The second-order valence-corrected chi connectivity index (χ2v) is 8.27.